The fourth-order valence-corrected chi connectivity index (χ4v) is 1.36. The zero-order valence-electron chi connectivity index (χ0n) is 10.8. The van der Waals surface area contributed by atoms with Crippen molar-refractivity contribution in [2.75, 3.05) is 19.5 Å². The third-order valence-electron chi connectivity index (χ3n) is 2.10. The predicted octanol–water partition coefficient (Wildman–Crippen LogP) is 0.624. The molecule has 0 saturated heterocycles. The van der Waals surface area contributed by atoms with Gasteiger partial charge in [0.1, 0.15) is 0 Å². The van der Waals surface area contributed by atoms with Gasteiger partial charge in [-0.1, -0.05) is 0 Å². The molecule has 0 fully saturated rings. The zero-order chi connectivity index (χ0) is 14.4. The van der Waals surface area contributed by atoms with E-state index in [9.17, 15) is 9.59 Å². The number of anilines is 1. The van der Waals surface area contributed by atoms with Gasteiger partial charge in [-0.15, -0.1) is 0 Å². The largest absolute Gasteiger partial charge is 0.493 e. The van der Waals surface area contributed by atoms with Crippen LogP contribution in [-0.2, 0) is 4.79 Å². The number of urea groups is 1. The van der Waals surface area contributed by atoms with E-state index >= 15 is 0 Å². The Labute approximate surface area is 109 Å². The number of hydrogen-bond acceptors (Lipinski definition) is 6. The highest BCUT2D eigenvalue weighted by molar-refractivity contribution is 5.90. The molecule has 0 radical (unpaired) electrons. The summed E-state index contributed by atoms with van der Waals surface area (Å²) in [7, 11) is 2.79. The Hall–Kier alpha value is -2.48. The molecule has 0 atom stereocenters. The van der Waals surface area contributed by atoms with Gasteiger partial charge in [0.05, 0.1) is 19.9 Å². The number of hydrazine groups is 1. The second kappa shape index (κ2) is 6.45. The van der Waals surface area contributed by atoms with E-state index in [1.54, 1.807) is 0 Å². The Morgan fingerprint density at radius 3 is 2.05 bits per heavy atom. The molecule has 0 aliphatic rings. The highest BCUT2D eigenvalue weighted by atomic mass is 16.6. The third kappa shape index (κ3) is 3.75. The second-order valence-electron chi connectivity index (χ2n) is 3.40. The Morgan fingerprint density at radius 2 is 1.68 bits per heavy atom. The lowest BCUT2D eigenvalue weighted by molar-refractivity contribution is -0.132. The first-order chi connectivity index (χ1) is 9.01. The second-order valence-corrected chi connectivity index (χ2v) is 3.40. The summed E-state index contributed by atoms with van der Waals surface area (Å²) in [4.78, 5) is 22.2. The van der Waals surface area contributed by atoms with Gasteiger partial charge >= 0.3 is 12.0 Å². The minimum absolute atomic E-state index is 0.135. The number of methoxy groups -OCH3 is 2. The van der Waals surface area contributed by atoms with Crippen LogP contribution in [0.15, 0.2) is 12.1 Å². The van der Waals surface area contributed by atoms with Gasteiger partial charge in [0.15, 0.2) is 11.5 Å². The molecule has 0 heterocycles. The van der Waals surface area contributed by atoms with Crippen LogP contribution in [0.25, 0.3) is 0 Å². The average Bonchev–Trinajstić information content (AvgIpc) is 2.39. The van der Waals surface area contributed by atoms with Crippen LogP contribution < -0.4 is 30.8 Å². The summed E-state index contributed by atoms with van der Waals surface area (Å²) in [5.74, 6) is 5.06. The van der Waals surface area contributed by atoms with Crippen molar-refractivity contribution in [3.05, 3.63) is 12.1 Å². The smallest absolute Gasteiger partial charge is 0.333 e. The first-order valence-electron chi connectivity index (χ1n) is 5.23. The van der Waals surface area contributed by atoms with Gasteiger partial charge in [0, 0.05) is 19.1 Å². The molecule has 0 aliphatic carbocycles. The van der Waals surface area contributed by atoms with E-state index in [2.05, 4.69) is 5.32 Å². The van der Waals surface area contributed by atoms with Crippen molar-refractivity contribution in [1.29, 1.82) is 0 Å². The van der Waals surface area contributed by atoms with Crippen molar-refractivity contribution >= 4 is 17.7 Å². The number of hydrogen-bond donors (Lipinski definition) is 3. The van der Waals surface area contributed by atoms with Crippen LogP contribution in [0.2, 0.25) is 0 Å². The van der Waals surface area contributed by atoms with Gasteiger partial charge in [-0.05, 0) is 0 Å². The normalized spacial score (nSPS) is 9.47. The number of ether oxygens (including phenoxy) is 3. The monoisotopic (exact) mass is 269 g/mol. The van der Waals surface area contributed by atoms with Gasteiger partial charge in [0.25, 0.3) is 0 Å². The van der Waals surface area contributed by atoms with Crippen LogP contribution in [0.3, 0.4) is 0 Å². The number of nitrogens with one attached hydrogen (secondary N) is 2. The molecule has 0 spiro atoms. The molecular formula is C11H15N3O5. The minimum atomic E-state index is -0.607. The predicted molar refractivity (Wildman–Crippen MR) is 67.2 cm³/mol. The number of nitrogens with two attached hydrogens (primary N) is 1. The number of amides is 2. The van der Waals surface area contributed by atoms with E-state index in [1.807, 2.05) is 5.43 Å². The van der Waals surface area contributed by atoms with Crippen molar-refractivity contribution in [2.45, 2.75) is 6.92 Å². The average molecular weight is 269 g/mol. The van der Waals surface area contributed by atoms with Crippen LogP contribution in [-0.4, -0.2) is 26.2 Å². The van der Waals surface area contributed by atoms with Gasteiger partial charge in [-0.3, -0.25) is 10.2 Å². The highest BCUT2D eigenvalue weighted by Crippen LogP contribution is 2.40. The van der Waals surface area contributed by atoms with Crippen LogP contribution >= 0.6 is 0 Å². The third-order valence-corrected chi connectivity index (χ3v) is 2.10. The summed E-state index contributed by atoms with van der Waals surface area (Å²) in [6.07, 6.45) is 0. The maximum atomic E-state index is 11.1. The molecular weight excluding hydrogens is 254 g/mol. The molecule has 0 saturated carbocycles. The van der Waals surface area contributed by atoms with Crippen molar-refractivity contribution < 1.29 is 23.8 Å². The summed E-state index contributed by atoms with van der Waals surface area (Å²) in [6, 6.07) is 2.33. The molecule has 0 bridgehead atoms. The number of esters is 1. The topological polar surface area (TPSA) is 112 Å². The first kappa shape index (κ1) is 14.6. The molecule has 0 aliphatic heterocycles. The molecule has 0 unspecified atom stereocenters. The fourth-order valence-electron chi connectivity index (χ4n) is 1.36. The molecule has 1 aromatic rings. The maximum absolute atomic E-state index is 11.1. The molecule has 1 rings (SSSR count). The van der Waals surface area contributed by atoms with Crippen LogP contribution in [0.4, 0.5) is 10.5 Å². The van der Waals surface area contributed by atoms with Gasteiger partial charge in [-0.2, -0.15) is 0 Å². The van der Waals surface area contributed by atoms with E-state index in [1.165, 1.54) is 33.3 Å². The van der Waals surface area contributed by atoms with Gasteiger partial charge in [0.2, 0.25) is 5.75 Å². The molecule has 1 aromatic carbocycles. The van der Waals surface area contributed by atoms with Crippen molar-refractivity contribution in [1.82, 2.24) is 5.43 Å². The summed E-state index contributed by atoms with van der Waals surface area (Å²) >= 11 is 0. The van der Waals surface area contributed by atoms with Gasteiger partial charge in [-0.25, -0.2) is 10.6 Å². The van der Waals surface area contributed by atoms with E-state index in [0.29, 0.717) is 5.69 Å². The summed E-state index contributed by atoms with van der Waals surface area (Å²) < 4.78 is 15.2. The lowest BCUT2D eigenvalue weighted by Gasteiger charge is -2.14. The Kier molecular flexibility index (Phi) is 4.95. The zero-order valence-corrected chi connectivity index (χ0v) is 10.8. The van der Waals surface area contributed by atoms with Crippen molar-refractivity contribution in [3.8, 4) is 17.2 Å². The lowest BCUT2D eigenvalue weighted by Crippen LogP contribution is -2.34. The number of rotatable bonds is 4. The lowest BCUT2D eigenvalue weighted by atomic mass is 10.2. The van der Waals surface area contributed by atoms with Crippen molar-refractivity contribution in [3.63, 3.8) is 0 Å². The molecule has 8 heteroatoms. The molecule has 8 nitrogen and oxygen atoms in total. The summed E-state index contributed by atoms with van der Waals surface area (Å²) in [5, 5.41) is 2.45. The van der Waals surface area contributed by atoms with E-state index < -0.39 is 12.0 Å². The number of carbonyl (C=O) groups excluding carboxylic acids is 2. The SMILES string of the molecule is COc1cc(NC(=O)NN)cc(OC)c1OC(C)=O. The first-order valence-corrected chi connectivity index (χ1v) is 5.23. The fraction of sp³-hybridized carbons (Fsp3) is 0.273. The van der Waals surface area contributed by atoms with E-state index in [4.69, 9.17) is 20.1 Å². The number of carbonyl (C=O) groups is 2. The van der Waals surface area contributed by atoms with E-state index in [-0.39, 0.29) is 17.2 Å². The molecule has 2 amide bonds. The summed E-state index contributed by atoms with van der Waals surface area (Å²) in [5.41, 5.74) is 2.29. The molecule has 4 N–H and O–H groups in total. The van der Waals surface area contributed by atoms with Crippen LogP contribution in [0.5, 0.6) is 17.2 Å². The molecule has 104 valence electrons. The Balaban J connectivity index is 3.19. The maximum Gasteiger partial charge on any atom is 0.333 e. The highest BCUT2D eigenvalue weighted by Gasteiger charge is 2.16. The van der Waals surface area contributed by atoms with Crippen LogP contribution in [0.1, 0.15) is 6.92 Å². The summed E-state index contributed by atoms with van der Waals surface area (Å²) in [6.45, 7) is 1.26. The van der Waals surface area contributed by atoms with Crippen molar-refractivity contribution in [2.24, 2.45) is 5.84 Å². The minimum Gasteiger partial charge on any atom is -0.493 e. The quantitative estimate of drug-likeness (QED) is 0.243. The molecule has 19 heavy (non-hydrogen) atoms. The van der Waals surface area contributed by atoms with Crippen LogP contribution in [0, 0.1) is 0 Å². The molecule has 0 aromatic heterocycles. The Morgan fingerprint density at radius 1 is 1.16 bits per heavy atom. The van der Waals surface area contributed by atoms with Gasteiger partial charge < -0.3 is 19.5 Å². The Bertz CT molecular complexity index is 464. The standard InChI is InChI=1S/C11H15N3O5/c1-6(15)19-10-8(17-2)4-7(5-9(10)18-3)13-11(16)14-12/h4-5H,12H2,1-3H3,(H2,13,14,16). The van der Waals surface area contributed by atoms with E-state index in [0.717, 1.165) is 0 Å². The number of benzene rings is 1.